The summed E-state index contributed by atoms with van der Waals surface area (Å²) in [7, 11) is 0. The van der Waals surface area contributed by atoms with Crippen LogP contribution in [0.25, 0.3) is 0 Å². The Morgan fingerprint density at radius 3 is 1.57 bits per heavy atom. The molecule has 54 heavy (non-hydrogen) atoms. The van der Waals surface area contributed by atoms with Gasteiger partial charge in [-0.1, -0.05) is 31.2 Å². The molecule has 0 unspecified atom stereocenters. The van der Waals surface area contributed by atoms with Gasteiger partial charge >= 0.3 is 29.8 Å². The predicted molar refractivity (Wildman–Crippen MR) is 195 cm³/mol. The summed E-state index contributed by atoms with van der Waals surface area (Å²) < 4.78 is 37.7. The SMILES string of the molecule is C#Cc1ccc(COC(=O)c2cc(OC(=O)c3ccc(OCCCOC(=O)C=C)cc3)ccc2OC(=O)c2ccc(OCCCOC(=O)C=C)cc2)cc1. The van der Waals surface area contributed by atoms with Crippen molar-refractivity contribution in [2.24, 2.45) is 0 Å². The molecule has 4 rings (SSSR count). The van der Waals surface area contributed by atoms with Crippen molar-refractivity contribution in [2.45, 2.75) is 19.4 Å². The zero-order valence-corrected chi connectivity index (χ0v) is 29.2. The van der Waals surface area contributed by atoms with E-state index in [0.717, 1.165) is 12.2 Å². The van der Waals surface area contributed by atoms with E-state index in [4.69, 9.17) is 39.6 Å². The summed E-state index contributed by atoms with van der Waals surface area (Å²) in [5, 5.41) is 0. The first-order chi connectivity index (χ1) is 26.2. The summed E-state index contributed by atoms with van der Waals surface area (Å²) in [5.41, 5.74) is 1.50. The van der Waals surface area contributed by atoms with Crippen LogP contribution in [-0.4, -0.2) is 56.3 Å². The van der Waals surface area contributed by atoms with Crippen LogP contribution >= 0.6 is 0 Å². The van der Waals surface area contributed by atoms with Gasteiger partial charge in [-0.05, 0) is 84.4 Å². The van der Waals surface area contributed by atoms with Gasteiger partial charge < -0.3 is 33.2 Å². The molecule has 0 saturated heterocycles. The van der Waals surface area contributed by atoms with E-state index in [1.807, 2.05) is 0 Å². The van der Waals surface area contributed by atoms with Crippen LogP contribution in [0.15, 0.2) is 116 Å². The van der Waals surface area contributed by atoms with E-state index in [-0.39, 0.29) is 61.2 Å². The topological polar surface area (TPSA) is 150 Å². The van der Waals surface area contributed by atoms with Crippen LogP contribution in [0, 0.1) is 12.3 Å². The van der Waals surface area contributed by atoms with Crippen molar-refractivity contribution in [3.8, 4) is 35.3 Å². The lowest BCUT2D eigenvalue weighted by molar-refractivity contribution is -0.138. The Kier molecular flexibility index (Phi) is 15.2. The molecule has 0 fully saturated rings. The third kappa shape index (κ3) is 12.6. The molecule has 276 valence electrons. The van der Waals surface area contributed by atoms with Gasteiger partial charge in [0.1, 0.15) is 35.2 Å². The second-order valence-electron chi connectivity index (χ2n) is 11.1. The fourth-order valence-corrected chi connectivity index (χ4v) is 4.41. The summed E-state index contributed by atoms with van der Waals surface area (Å²) in [4.78, 5) is 61.8. The molecule has 12 heteroatoms. The predicted octanol–water partition coefficient (Wildman–Crippen LogP) is 6.46. The Hall–Kier alpha value is -7.13. The van der Waals surface area contributed by atoms with E-state index in [1.54, 1.807) is 48.5 Å². The van der Waals surface area contributed by atoms with E-state index >= 15 is 0 Å². The van der Waals surface area contributed by atoms with E-state index in [0.29, 0.717) is 35.5 Å². The Balaban J connectivity index is 1.42. The molecule has 0 bridgehead atoms. The average molecular weight is 733 g/mol. The first-order valence-corrected chi connectivity index (χ1v) is 16.5. The third-order valence-electron chi connectivity index (χ3n) is 7.19. The third-order valence-corrected chi connectivity index (χ3v) is 7.19. The van der Waals surface area contributed by atoms with Crippen molar-refractivity contribution in [1.82, 2.24) is 0 Å². The van der Waals surface area contributed by atoms with E-state index in [1.165, 1.54) is 42.5 Å². The van der Waals surface area contributed by atoms with Gasteiger partial charge in [-0.3, -0.25) is 0 Å². The number of rotatable bonds is 19. The summed E-state index contributed by atoms with van der Waals surface area (Å²) in [6, 6.07) is 23.0. The van der Waals surface area contributed by atoms with Gasteiger partial charge in [0.2, 0.25) is 0 Å². The second kappa shape index (κ2) is 20.7. The number of terminal acetylenes is 1. The van der Waals surface area contributed by atoms with Gasteiger partial charge in [0, 0.05) is 30.6 Å². The Morgan fingerprint density at radius 2 is 1.07 bits per heavy atom. The molecular formula is C42H36O12. The van der Waals surface area contributed by atoms with Gasteiger partial charge in [0.05, 0.1) is 37.6 Å². The van der Waals surface area contributed by atoms with Gasteiger partial charge in [0.15, 0.2) is 0 Å². The van der Waals surface area contributed by atoms with Crippen LogP contribution < -0.4 is 18.9 Å². The minimum Gasteiger partial charge on any atom is -0.493 e. The molecule has 12 nitrogen and oxygen atoms in total. The Morgan fingerprint density at radius 1 is 0.574 bits per heavy atom. The zero-order valence-electron chi connectivity index (χ0n) is 29.2. The smallest absolute Gasteiger partial charge is 0.343 e. The standard InChI is InChI=1S/C42H36O12/c1-4-29-9-11-30(12-10-29)28-52-42(47)36-27-35(53-40(45)31-13-17-33(18-14-31)48-23-7-25-50-38(43)5-2)21-22-37(36)54-41(46)32-15-19-34(20-16-32)49-24-8-26-51-39(44)6-3/h1,5-6,9-22,27H,2-3,7-8,23-26,28H2. The minimum absolute atomic E-state index is 0.0136. The lowest BCUT2D eigenvalue weighted by Gasteiger charge is -2.13. The lowest BCUT2D eigenvalue weighted by atomic mass is 10.1. The normalized spacial score (nSPS) is 10.1. The maximum atomic E-state index is 13.4. The highest BCUT2D eigenvalue weighted by molar-refractivity contribution is 5.97. The number of benzene rings is 4. The van der Waals surface area contributed by atoms with Crippen LogP contribution in [-0.2, 0) is 30.4 Å². The van der Waals surface area contributed by atoms with Gasteiger partial charge in [0.25, 0.3) is 0 Å². The highest BCUT2D eigenvalue weighted by Crippen LogP contribution is 2.28. The fourth-order valence-electron chi connectivity index (χ4n) is 4.41. The van der Waals surface area contributed by atoms with E-state index < -0.39 is 29.8 Å². The first kappa shape index (κ1) is 39.7. The van der Waals surface area contributed by atoms with Crippen LogP contribution in [0.1, 0.15) is 55.0 Å². The molecule has 0 aliphatic carbocycles. The highest BCUT2D eigenvalue weighted by atomic mass is 16.6. The highest BCUT2D eigenvalue weighted by Gasteiger charge is 2.21. The Bertz CT molecular complexity index is 1990. The van der Waals surface area contributed by atoms with Crippen LogP contribution in [0.5, 0.6) is 23.0 Å². The van der Waals surface area contributed by atoms with Crippen LogP contribution in [0.4, 0.5) is 0 Å². The molecule has 0 radical (unpaired) electrons. The van der Waals surface area contributed by atoms with E-state index in [9.17, 15) is 24.0 Å². The van der Waals surface area contributed by atoms with Crippen molar-refractivity contribution in [3.63, 3.8) is 0 Å². The number of hydrogen-bond donors (Lipinski definition) is 0. The fraction of sp³-hybridized carbons (Fsp3) is 0.167. The van der Waals surface area contributed by atoms with Crippen molar-refractivity contribution < 1.29 is 57.1 Å². The number of ether oxygens (including phenoxy) is 7. The van der Waals surface area contributed by atoms with Gasteiger partial charge in [-0.2, -0.15) is 0 Å². The number of hydrogen-bond acceptors (Lipinski definition) is 12. The maximum Gasteiger partial charge on any atom is 0.343 e. The van der Waals surface area contributed by atoms with Crippen molar-refractivity contribution in [3.05, 3.63) is 144 Å². The van der Waals surface area contributed by atoms with Crippen molar-refractivity contribution >= 4 is 29.8 Å². The lowest BCUT2D eigenvalue weighted by Crippen LogP contribution is -2.14. The molecule has 4 aromatic rings. The van der Waals surface area contributed by atoms with Crippen molar-refractivity contribution in [1.29, 1.82) is 0 Å². The molecule has 0 amide bonds. The summed E-state index contributed by atoms with van der Waals surface area (Å²) in [5.74, 6) is -0.0663. The molecule has 0 spiro atoms. The number of carbonyl (C=O) groups is 5. The van der Waals surface area contributed by atoms with E-state index in [2.05, 4.69) is 19.1 Å². The Labute approximate surface area is 311 Å². The molecule has 0 heterocycles. The molecular weight excluding hydrogens is 696 g/mol. The largest absolute Gasteiger partial charge is 0.493 e. The minimum atomic E-state index is -0.847. The molecule has 4 aromatic carbocycles. The summed E-state index contributed by atoms with van der Waals surface area (Å²) in [6.07, 6.45) is 8.48. The second-order valence-corrected chi connectivity index (χ2v) is 11.1. The summed E-state index contributed by atoms with van der Waals surface area (Å²) in [6.45, 7) is 7.43. The first-order valence-electron chi connectivity index (χ1n) is 16.5. The average Bonchev–Trinajstić information content (AvgIpc) is 3.20. The van der Waals surface area contributed by atoms with Gasteiger partial charge in [-0.25, -0.2) is 24.0 Å². The molecule has 0 atom stereocenters. The maximum absolute atomic E-state index is 13.4. The number of esters is 5. The molecule has 0 aliphatic rings. The van der Waals surface area contributed by atoms with Crippen LogP contribution in [0.2, 0.25) is 0 Å². The summed E-state index contributed by atoms with van der Waals surface area (Å²) >= 11 is 0. The quantitative estimate of drug-likeness (QED) is 0.0260. The molecule has 0 N–H and O–H groups in total. The monoisotopic (exact) mass is 732 g/mol. The zero-order chi connectivity index (χ0) is 38.7. The van der Waals surface area contributed by atoms with Crippen LogP contribution in [0.3, 0.4) is 0 Å². The molecule has 0 aliphatic heterocycles. The molecule has 0 saturated carbocycles. The molecule has 0 aromatic heterocycles. The van der Waals surface area contributed by atoms with Gasteiger partial charge in [-0.15, -0.1) is 6.42 Å². The number of carbonyl (C=O) groups excluding carboxylic acids is 5. The van der Waals surface area contributed by atoms with Crippen molar-refractivity contribution in [2.75, 3.05) is 26.4 Å².